The Bertz CT molecular complexity index is 101. The number of allylic oxidation sites excluding steroid dienone is 1. The van der Waals surface area contributed by atoms with Gasteiger partial charge >= 0.3 is 0 Å². The third kappa shape index (κ3) is 4.40. The molecule has 0 saturated carbocycles. The number of hydrogen-bond acceptors (Lipinski definition) is 2. The summed E-state index contributed by atoms with van der Waals surface area (Å²) in [6, 6.07) is 0. The normalized spacial score (nSPS) is 10.2. The zero-order valence-corrected chi connectivity index (χ0v) is 6.96. The van der Waals surface area contributed by atoms with Crippen molar-refractivity contribution >= 4 is 32.8 Å². The number of carbonyl (C=O) groups excluding carboxylic acids is 1. The Balaban J connectivity index is 3.37. The topological polar surface area (TPSA) is 17.1 Å². The van der Waals surface area contributed by atoms with Gasteiger partial charge in [-0.25, -0.2) is 0 Å². The predicted molar refractivity (Wildman–Crippen MR) is 41.5 cm³/mol. The van der Waals surface area contributed by atoms with E-state index in [0.29, 0.717) is 0 Å². The molecule has 0 rings (SSSR count). The zero-order valence-electron chi connectivity index (χ0n) is 4.56. The molecule has 0 fully saturated rings. The maximum Gasteiger partial charge on any atom is 0.211 e. The molecule has 0 heterocycles. The molecule has 0 aromatic carbocycles. The average molecular weight is 195 g/mol. The summed E-state index contributed by atoms with van der Waals surface area (Å²) in [7, 11) is 0. The summed E-state index contributed by atoms with van der Waals surface area (Å²) in [5, 5.41) is 0.851. The van der Waals surface area contributed by atoms with Crippen molar-refractivity contribution in [3.05, 3.63) is 12.2 Å². The van der Waals surface area contributed by atoms with E-state index >= 15 is 0 Å². The zero-order chi connectivity index (χ0) is 6.41. The van der Waals surface area contributed by atoms with Crippen molar-refractivity contribution in [2.75, 3.05) is 11.6 Å². The van der Waals surface area contributed by atoms with Crippen LogP contribution in [0.5, 0.6) is 0 Å². The molecular formula is C5H7BrOS. The number of halogens is 1. The van der Waals surface area contributed by atoms with Crippen LogP contribution in [-0.4, -0.2) is 16.7 Å². The lowest BCUT2D eigenvalue weighted by Crippen LogP contribution is -1.80. The van der Waals surface area contributed by atoms with Crippen LogP contribution in [0.4, 0.5) is 0 Å². The minimum atomic E-state index is 0.101. The van der Waals surface area contributed by atoms with Gasteiger partial charge in [0.1, 0.15) is 0 Å². The van der Waals surface area contributed by atoms with Gasteiger partial charge in [0.2, 0.25) is 5.12 Å². The highest BCUT2D eigenvalue weighted by Crippen LogP contribution is 1.95. The molecule has 0 aliphatic heterocycles. The summed E-state index contributed by atoms with van der Waals surface area (Å²) in [4.78, 5) is 10.4. The number of rotatable bonds is 2. The first-order valence-electron chi connectivity index (χ1n) is 2.11. The van der Waals surface area contributed by atoms with Gasteiger partial charge in [-0.2, -0.15) is 0 Å². The lowest BCUT2D eigenvalue weighted by atomic mass is 10.6. The van der Waals surface area contributed by atoms with E-state index in [9.17, 15) is 4.79 Å². The third-order valence-corrected chi connectivity index (χ3v) is 1.46. The first-order chi connectivity index (χ1) is 3.81. The van der Waals surface area contributed by atoms with Crippen molar-refractivity contribution in [2.45, 2.75) is 0 Å². The minimum absolute atomic E-state index is 0.101. The second kappa shape index (κ2) is 5.38. The number of hydrogen-bond donors (Lipinski definition) is 0. The Morgan fingerprint density at radius 1 is 1.88 bits per heavy atom. The summed E-state index contributed by atoms with van der Waals surface area (Å²) < 4.78 is 0. The molecule has 0 bridgehead atoms. The fraction of sp³-hybridized carbons (Fsp3) is 0.400. The van der Waals surface area contributed by atoms with Gasteiger partial charge in [0.15, 0.2) is 0 Å². The second-order valence-corrected chi connectivity index (χ2v) is 2.54. The van der Waals surface area contributed by atoms with Crippen LogP contribution in [0.2, 0.25) is 0 Å². The van der Waals surface area contributed by atoms with E-state index < -0.39 is 0 Å². The van der Waals surface area contributed by atoms with Crippen molar-refractivity contribution in [3.63, 3.8) is 0 Å². The molecule has 8 heavy (non-hydrogen) atoms. The van der Waals surface area contributed by atoms with Gasteiger partial charge in [-0.05, 0) is 12.3 Å². The highest BCUT2D eigenvalue weighted by molar-refractivity contribution is 9.09. The highest BCUT2D eigenvalue weighted by atomic mass is 79.9. The monoisotopic (exact) mass is 194 g/mol. The maximum atomic E-state index is 10.4. The van der Waals surface area contributed by atoms with E-state index in [-0.39, 0.29) is 5.12 Å². The Hall–Kier alpha value is 0.240. The Morgan fingerprint density at radius 2 is 2.50 bits per heavy atom. The van der Waals surface area contributed by atoms with Gasteiger partial charge in [-0.1, -0.05) is 33.8 Å². The number of alkyl halides is 1. The predicted octanol–water partition coefficient (Wildman–Crippen LogP) is 1.83. The smallest absolute Gasteiger partial charge is 0.211 e. The molecule has 3 heteroatoms. The fourth-order valence-electron chi connectivity index (χ4n) is 0.209. The molecule has 0 amide bonds. The van der Waals surface area contributed by atoms with Gasteiger partial charge in [-0.3, -0.25) is 4.79 Å². The van der Waals surface area contributed by atoms with Crippen molar-refractivity contribution in [2.24, 2.45) is 0 Å². The van der Waals surface area contributed by atoms with Crippen molar-refractivity contribution in [1.82, 2.24) is 0 Å². The summed E-state index contributed by atoms with van der Waals surface area (Å²) in [6.07, 6.45) is 5.10. The molecule has 46 valence electrons. The SMILES string of the molecule is CSC(=O)/C=C/CBr. The third-order valence-electron chi connectivity index (χ3n) is 0.544. The van der Waals surface area contributed by atoms with Crippen LogP contribution in [0.3, 0.4) is 0 Å². The molecule has 0 aromatic heterocycles. The first kappa shape index (κ1) is 8.24. The van der Waals surface area contributed by atoms with Crippen LogP contribution < -0.4 is 0 Å². The lowest BCUT2D eigenvalue weighted by Gasteiger charge is -1.80. The number of carbonyl (C=O) groups is 1. The standard InChI is InChI=1S/C5H7BrOS/c1-8-5(7)3-2-4-6/h2-3H,4H2,1H3/b3-2+. The summed E-state index contributed by atoms with van der Waals surface area (Å²) in [5.41, 5.74) is 0. The van der Waals surface area contributed by atoms with Crippen LogP contribution in [0.1, 0.15) is 0 Å². The molecule has 0 atom stereocenters. The average Bonchev–Trinajstić information content (AvgIpc) is 1.83. The van der Waals surface area contributed by atoms with E-state index in [0.717, 1.165) is 5.33 Å². The van der Waals surface area contributed by atoms with Gasteiger partial charge in [0, 0.05) is 5.33 Å². The first-order valence-corrected chi connectivity index (χ1v) is 4.46. The molecule has 0 radical (unpaired) electrons. The minimum Gasteiger partial charge on any atom is -0.282 e. The van der Waals surface area contributed by atoms with E-state index in [2.05, 4.69) is 15.9 Å². The van der Waals surface area contributed by atoms with Crippen LogP contribution in [-0.2, 0) is 4.79 Å². The van der Waals surface area contributed by atoms with Gasteiger partial charge in [-0.15, -0.1) is 0 Å². The lowest BCUT2D eigenvalue weighted by molar-refractivity contribution is -0.107. The van der Waals surface area contributed by atoms with Crippen LogP contribution in [0.25, 0.3) is 0 Å². The van der Waals surface area contributed by atoms with E-state index in [1.54, 1.807) is 18.4 Å². The Kier molecular flexibility index (Phi) is 5.54. The molecular weight excluding hydrogens is 188 g/mol. The van der Waals surface area contributed by atoms with Crippen LogP contribution >= 0.6 is 27.7 Å². The quantitative estimate of drug-likeness (QED) is 0.493. The summed E-state index contributed by atoms with van der Waals surface area (Å²) in [6.45, 7) is 0. The van der Waals surface area contributed by atoms with Crippen molar-refractivity contribution < 1.29 is 4.79 Å². The van der Waals surface area contributed by atoms with E-state index in [4.69, 9.17) is 0 Å². The fourth-order valence-corrected chi connectivity index (χ4v) is 0.628. The molecule has 0 N–H and O–H groups in total. The highest BCUT2D eigenvalue weighted by Gasteiger charge is 1.86. The summed E-state index contributed by atoms with van der Waals surface area (Å²) in [5.74, 6) is 0. The second-order valence-electron chi connectivity index (χ2n) is 1.08. The van der Waals surface area contributed by atoms with Gasteiger partial charge in [0.25, 0.3) is 0 Å². The van der Waals surface area contributed by atoms with Crippen molar-refractivity contribution in [1.29, 1.82) is 0 Å². The molecule has 0 aromatic rings. The number of thioether (sulfide) groups is 1. The molecule has 0 aliphatic carbocycles. The van der Waals surface area contributed by atoms with E-state index in [1.165, 1.54) is 11.8 Å². The van der Waals surface area contributed by atoms with Gasteiger partial charge in [0.05, 0.1) is 0 Å². The Labute approximate surface area is 61.7 Å². The molecule has 0 aliphatic rings. The molecule has 0 saturated heterocycles. The molecule has 0 unspecified atom stereocenters. The van der Waals surface area contributed by atoms with E-state index in [1.807, 2.05) is 0 Å². The van der Waals surface area contributed by atoms with Crippen LogP contribution in [0, 0.1) is 0 Å². The molecule has 1 nitrogen and oxygen atoms in total. The maximum absolute atomic E-state index is 10.4. The van der Waals surface area contributed by atoms with Crippen LogP contribution in [0.15, 0.2) is 12.2 Å². The van der Waals surface area contributed by atoms with Crippen molar-refractivity contribution in [3.8, 4) is 0 Å². The largest absolute Gasteiger partial charge is 0.282 e. The van der Waals surface area contributed by atoms with Gasteiger partial charge < -0.3 is 0 Å². The molecule has 0 spiro atoms. The Morgan fingerprint density at radius 3 is 2.88 bits per heavy atom. The summed E-state index contributed by atoms with van der Waals surface area (Å²) >= 11 is 4.38.